The second-order valence-corrected chi connectivity index (χ2v) is 12.3. The van der Waals surface area contributed by atoms with Crippen molar-refractivity contribution in [3.05, 3.63) is 179 Å². The summed E-state index contributed by atoms with van der Waals surface area (Å²) in [5.74, 6) is 0.487. The van der Waals surface area contributed by atoms with Crippen LogP contribution in [0.4, 0.5) is 0 Å². The average Bonchev–Trinajstić information content (AvgIpc) is 3.79. The van der Waals surface area contributed by atoms with Crippen molar-refractivity contribution in [2.75, 3.05) is 0 Å². The highest BCUT2D eigenvalue weighted by atomic mass is 16.4. The van der Waals surface area contributed by atoms with Crippen molar-refractivity contribution in [1.82, 2.24) is 29.8 Å². The van der Waals surface area contributed by atoms with Crippen molar-refractivity contribution in [2.45, 2.75) is 45.2 Å². The Labute approximate surface area is 291 Å². The molecule has 8 nitrogen and oxygen atoms in total. The number of carboxylic acids is 1. The lowest BCUT2D eigenvalue weighted by Gasteiger charge is -2.36. The fourth-order valence-electron chi connectivity index (χ4n) is 7.01. The van der Waals surface area contributed by atoms with Crippen LogP contribution < -0.4 is 0 Å². The van der Waals surface area contributed by atoms with Gasteiger partial charge in [0.1, 0.15) is 11.4 Å². The summed E-state index contributed by atoms with van der Waals surface area (Å²) in [4.78, 5) is 17.0. The van der Waals surface area contributed by atoms with E-state index in [2.05, 4.69) is 90.0 Å². The number of aryl methyl sites for hydroxylation is 2. The lowest BCUT2D eigenvalue weighted by atomic mass is 9.77. The highest BCUT2D eigenvalue weighted by Crippen LogP contribution is 2.43. The summed E-state index contributed by atoms with van der Waals surface area (Å²) in [7, 11) is 0. The first-order valence-corrected chi connectivity index (χ1v) is 17.0. The molecular weight excluding hydrogens is 621 g/mol. The Morgan fingerprint density at radius 1 is 0.700 bits per heavy atom. The Morgan fingerprint density at radius 2 is 1.24 bits per heavy atom. The van der Waals surface area contributed by atoms with Crippen LogP contribution in [-0.2, 0) is 24.9 Å². The van der Waals surface area contributed by atoms with Crippen LogP contribution in [0.15, 0.2) is 140 Å². The molecule has 7 rings (SSSR count). The maximum absolute atomic E-state index is 12.3. The van der Waals surface area contributed by atoms with Gasteiger partial charge in [-0.1, -0.05) is 153 Å². The predicted molar refractivity (Wildman–Crippen MR) is 195 cm³/mol. The second kappa shape index (κ2) is 14.1. The predicted octanol–water partition coefficient (Wildman–Crippen LogP) is 8.31. The summed E-state index contributed by atoms with van der Waals surface area (Å²) >= 11 is 0. The average molecular weight is 659 g/mol. The molecule has 5 aromatic carbocycles. The number of tetrazole rings is 1. The van der Waals surface area contributed by atoms with E-state index < -0.39 is 11.5 Å². The topological polar surface area (TPSA) is 98.7 Å². The maximum atomic E-state index is 12.3. The minimum Gasteiger partial charge on any atom is -0.477 e. The number of aromatic carboxylic acids is 1. The van der Waals surface area contributed by atoms with E-state index in [0.717, 1.165) is 57.6 Å². The molecule has 0 saturated carbocycles. The van der Waals surface area contributed by atoms with Gasteiger partial charge in [-0.15, -0.1) is 5.10 Å². The van der Waals surface area contributed by atoms with Crippen LogP contribution in [0.25, 0.3) is 22.5 Å². The van der Waals surface area contributed by atoms with Gasteiger partial charge in [0.05, 0.1) is 5.69 Å². The van der Waals surface area contributed by atoms with Gasteiger partial charge in [0.15, 0.2) is 11.5 Å². The van der Waals surface area contributed by atoms with E-state index in [1.165, 1.54) is 0 Å². The van der Waals surface area contributed by atoms with Gasteiger partial charge >= 0.3 is 5.97 Å². The zero-order valence-corrected chi connectivity index (χ0v) is 28.1. The van der Waals surface area contributed by atoms with Crippen LogP contribution in [0.3, 0.4) is 0 Å². The number of nitrogens with zero attached hydrogens (tertiary/aromatic N) is 6. The molecule has 0 radical (unpaired) electrons. The van der Waals surface area contributed by atoms with Crippen LogP contribution >= 0.6 is 0 Å². The third kappa shape index (κ3) is 5.79. The van der Waals surface area contributed by atoms with E-state index >= 15 is 0 Å². The molecule has 0 aliphatic rings. The molecule has 0 unspecified atom stereocenters. The standard InChI is InChI=1S/C42H38N6O2/c1-3-16-38-43-37(4-2)39(41(49)50)47(38)29-30-25-27-31(28-26-30)35-23-14-15-24-36(35)40-44-45-46-48(40)42(32-17-8-5-9-18-32,33-19-10-6-11-20-33)34-21-12-7-13-22-34/h5-15,17-28H,3-4,16,29H2,1-2H3,(H,49,50). The van der Waals surface area contributed by atoms with Crippen LogP contribution in [-0.4, -0.2) is 40.8 Å². The van der Waals surface area contributed by atoms with E-state index in [1.54, 1.807) is 0 Å². The van der Waals surface area contributed by atoms with E-state index in [0.29, 0.717) is 24.5 Å². The summed E-state index contributed by atoms with van der Waals surface area (Å²) in [5, 5.41) is 23.8. The van der Waals surface area contributed by atoms with E-state index in [-0.39, 0.29) is 5.69 Å². The number of carboxylic acid groups (broad SMARTS) is 1. The molecule has 50 heavy (non-hydrogen) atoms. The molecule has 0 spiro atoms. The zero-order chi connectivity index (χ0) is 34.5. The molecule has 2 aromatic heterocycles. The smallest absolute Gasteiger partial charge is 0.354 e. The Hall–Kier alpha value is -6.15. The zero-order valence-electron chi connectivity index (χ0n) is 28.1. The maximum Gasteiger partial charge on any atom is 0.354 e. The van der Waals surface area contributed by atoms with Crippen molar-refractivity contribution >= 4 is 5.97 Å². The number of imidazole rings is 1. The molecule has 0 atom stereocenters. The fraction of sp³-hybridized carbons (Fsp3) is 0.167. The summed E-state index contributed by atoms with van der Waals surface area (Å²) in [6.45, 7) is 4.45. The fourth-order valence-corrected chi connectivity index (χ4v) is 7.01. The number of rotatable bonds is 12. The first kappa shape index (κ1) is 32.4. The van der Waals surface area contributed by atoms with Gasteiger partial charge in [0.25, 0.3) is 0 Å². The Kier molecular flexibility index (Phi) is 9.16. The molecule has 7 aromatic rings. The van der Waals surface area contributed by atoms with Crippen LogP contribution in [0.1, 0.15) is 64.5 Å². The molecule has 248 valence electrons. The minimum atomic E-state index is -0.947. The first-order chi connectivity index (χ1) is 24.6. The number of benzene rings is 5. The molecule has 1 N–H and O–H groups in total. The molecule has 0 bridgehead atoms. The van der Waals surface area contributed by atoms with Crippen LogP contribution in [0.2, 0.25) is 0 Å². The van der Waals surface area contributed by atoms with Crippen molar-refractivity contribution in [3.8, 4) is 22.5 Å². The second-order valence-electron chi connectivity index (χ2n) is 12.3. The highest BCUT2D eigenvalue weighted by Gasteiger charge is 2.42. The van der Waals surface area contributed by atoms with Crippen LogP contribution in [0, 0.1) is 0 Å². The summed E-state index contributed by atoms with van der Waals surface area (Å²) in [5.41, 5.74) is 6.97. The number of carbonyl (C=O) groups is 1. The summed E-state index contributed by atoms with van der Waals surface area (Å²) in [6.07, 6.45) is 2.17. The number of aromatic nitrogens is 6. The third-order valence-corrected chi connectivity index (χ3v) is 9.27. The number of hydrogen-bond donors (Lipinski definition) is 1. The van der Waals surface area contributed by atoms with Gasteiger partial charge in [-0.05, 0) is 56.6 Å². The van der Waals surface area contributed by atoms with Gasteiger partial charge in [-0.25, -0.2) is 14.5 Å². The van der Waals surface area contributed by atoms with Crippen molar-refractivity contribution in [1.29, 1.82) is 0 Å². The normalized spacial score (nSPS) is 11.5. The minimum absolute atomic E-state index is 0.274. The molecular formula is C42H38N6O2. The number of hydrogen-bond acceptors (Lipinski definition) is 5. The summed E-state index contributed by atoms with van der Waals surface area (Å²) < 4.78 is 3.81. The van der Waals surface area contributed by atoms with Gasteiger partial charge < -0.3 is 9.67 Å². The lowest BCUT2D eigenvalue weighted by molar-refractivity contribution is 0.0684. The molecule has 0 aliphatic carbocycles. The molecule has 8 heteroatoms. The largest absolute Gasteiger partial charge is 0.477 e. The molecule has 2 heterocycles. The Morgan fingerprint density at radius 3 is 1.76 bits per heavy atom. The van der Waals surface area contributed by atoms with E-state index in [4.69, 9.17) is 10.2 Å². The molecule has 0 aliphatic heterocycles. The quantitative estimate of drug-likeness (QED) is 0.133. The van der Waals surface area contributed by atoms with Gasteiger partial charge in [-0.2, -0.15) is 0 Å². The van der Waals surface area contributed by atoms with Crippen LogP contribution in [0.5, 0.6) is 0 Å². The van der Waals surface area contributed by atoms with Crippen molar-refractivity contribution < 1.29 is 9.90 Å². The monoisotopic (exact) mass is 658 g/mol. The van der Waals surface area contributed by atoms with Crippen molar-refractivity contribution in [2.24, 2.45) is 0 Å². The Balaban J connectivity index is 1.34. The Bertz CT molecular complexity index is 2110. The lowest BCUT2D eigenvalue weighted by Crippen LogP contribution is -2.39. The first-order valence-electron chi connectivity index (χ1n) is 17.0. The van der Waals surface area contributed by atoms with E-state index in [1.807, 2.05) is 82.9 Å². The summed E-state index contributed by atoms with van der Waals surface area (Å²) in [6, 6.07) is 47.6. The third-order valence-electron chi connectivity index (χ3n) is 9.27. The SMILES string of the molecule is CCCc1nc(CC)c(C(=O)O)n1Cc1ccc(-c2ccccc2-c2nnnn2C(c2ccccc2)(c2ccccc2)c2ccccc2)cc1. The van der Waals surface area contributed by atoms with E-state index in [9.17, 15) is 9.90 Å². The van der Waals surface area contributed by atoms with Gasteiger partial charge in [0, 0.05) is 18.5 Å². The molecule has 0 saturated heterocycles. The van der Waals surface area contributed by atoms with Gasteiger partial charge in [0.2, 0.25) is 0 Å². The molecule has 0 amide bonds. The van der Waals surface area contributed by atoms with Crippen molar-refractivity contribution in [3.63, 3.8) is 0 Å². The van der Waals surface area contributed by atoms with Gasteiger partial charge in [-0.3, -0.25) is 0 Å². The molecule has 0 fully saturated rings. The highest BCUT2D eigenvalue weighted by molar-refractivity contribution is 5.87.